The lowest BCUT2D eigenvalue weighted by atomic mass is 9.90. The zero-order valence-electron chi connectivity index (χ0n) is 21.2. The Morgan fingerprint density at radius 3 is 2.28 bits per heavy atom. The molecule has 39 heavy (non-hydrogen) atoms. The predicted molar refractivity (Wildman–Crippen MR) is 142 cm³/mol. The van der Waals surface area contributed by atoms with Crippen LogP contribution in [-0.2, 0) is 9.47 Å². The summed E-state index contributed by atoms with van der Waals surface area (Å²) in [7, 11) is 1.51. The fraction of sp³-hybridized carbons (Fsp3) is 0.321. The van der Waals surface area contributed by atoms with E-state index in [0.29, 0.717) is 16.9 Å². The highest BCUT2D eigenvalue weighted by Gasteiger charge is 2.46. The highest BCUT2D eigenvalue weighted by Crippen LogP contribution is 2.41. The lowest BCUT2D eigenvalue weighted by Crippen LogP contribution is -2.56. The number of methoxy groups -OCH3 is 1. The molecule has 0 aliphatic carbocycles. The van der Waals surface area contributed by atoms with E-state index in [2.05, 4.69) is 6.07 Å². The van der Waals surface area contributed by atoms with E-state index in [1.807, 2.05) is 0 Å². The van der Waals surface area contributed by atoms with Crippen molar-refractivity contribution in [3.63, 3.8) is 0 Å². The number of carbonyl (C=O) groups is 1. The molecular weight excluding hydrogens is 524 g/mol. The fourth-order valence-electron chi connectivity index (χ4n) is 4.66. The van der Waals surface area contributed by atoms with Crippen molar-refractivity contribution >= 4 is 18.2 Å². The van der Waals surface area contributed by atoms with Gasteiger partial charge >= 0.3 is 5.97 Å². The maximum atomic E-state index is 13.7. The molecule has 4 rings (SSSR count). The second-order valence-corrected chi connectivity index (χ2v) is 9.18. The molecule has 10 nitrogen and oxygen atoms in total. The maximum Gasteiger partial charge on any atom is 0.340 e. The zero-order valence-corrected chi connectivity index (χ0v) is 22.0. The van der Waals surface area contributed by atoms with Crippen LogP contribution in [-0.4, -0.2) is 75.7 Å². The Balaban J connectivity index is 2.16. The molecule has 11 heteroatoms. The number of benzene rings is 2. The van der Waals surface area contributed by atoms with E-state index >= 15 is 0 Å². The number of nitriles is 1. The molecule has 5 atom stereocenters. The van der Waals surface area contributed by atoms with Crippen molar-refractivity contribution in [2.75, 3.05) is 20.3 Å². The summed E-state index contributed by atoms with van der Waals surface area (Å²) in [5.74, 6) is -0.198. The van der Waals surface area contributed by atoms with Gasteiger partial charge in [0.15, 0.2) is 6.23 Å². The average molecular weight is 553 g/mol. The molecule has 0 saturated carbocycles. The first-order valence-corrected chi connectivity index (χ1v) is 12.6. The van der Waals surface area contributed by atoms with Gasteiger partial charge in [-0.25, -0.2) is 4.79 Å². The summed E-state index contributed by atoms with van der Waals surface area (Å²) in [6, 6.07) is 17.4. The third kappa shape index (κ3) is 5.18. The lowest BCUT2D eigenvalue weighted by Gasteiger charge is -2.42. The molecule has 1 aliphatic rings. The van der Waals surface area contributed by atoms with Gasteiger partial charge in [-0.2, -0.15) is 5.26 Å². The second kappa shape index (κ2) is 12.0. The van der Waals surface area contributed by atoms with Crippen molar-refractivity contribution in [2.45, 2.75) is 37.6 Å². The van der Waals surface area contributed by atoms with Crippen LogP contribution in [0.2, 0.25) is 0 Å². The molecule has 0 spiro atoms. The molecule has 2 aromatic carbocycles. The molecule has 1 aliphatic heterocycles. The quantitative estimate of drug-likeness (QED) is 0.254. The predicted octanol–water partition coefficient (Wildman–Crippen LogP) is 2.58. The number of aromatic nitrogens is 1. The molecule has 0 unspecified atom stereocenters. The molecule has 0 bridgehead atoms. The SMILES string of the molecule is CCOC(=O)c1c(-c2ccc(OC)cc2)c(C#N)c(=S)n([C@H]2O[C@@H](CO)[C@@H](O)[C@@H](O)[C@H]2O)c1-c1ccccc1. The average Bonchev–Trinajstić information content (AvgIpc) is 2.96. The van der Waals surface area contributed by atoms with E-state index in [1.54, 1.807) is 61.5 Å². The van der Waals surface area contributed by atoms with E-state index in [9.17, 15) is 30.5 Å². The van der Waals surface area contributed by atoms with Crippen LogP contribution in [0.5, 0.6) is 5.75 Å². The Morgan fingerprint density at radius 1 is 1.05 bits per heavy atom. The summed E-state index contributed by atoms with van der Waals surface area (Å²) >= 11 is 5.77. The first-order chi connectivity index (χ1) is 18.8. The number of rotatable bonds is 7. The van der Waals surface area contributed by atoms with Gasteiger partial charge in [0.1, 0.15) is 40.9 Å². The normalized spacial score (nSPS) is 22.6. The van der Waals surface area contributed by atoms with Crippen molar-refractivity contribution in [3.8, 4) is 34.2 Å². The van der Waals surface area contributed by atoms with Crippen LogP contribution in [0.15, 0.2) is 54.6 Å². The third-order valence-corrected chi connectivity index (χ3v) is 6.95. The standard InChI is InChI=1S/C28H28N2O8S/c1-3-37-28(35)21-20(15-9-11-17(36-2)12-10-15)18(13-29)27(39)30(22(21)16-7-5-4-6-8-16)26-25(34)24(33)23(32)19(14-31)38-26/h4-12,19,23-26,31-34H,3,14H2,1-2H3/t19-,23+,24+,25+,26-/m0/s1. The number of hydrogen-bond acceptors (Lipinski definition) is 10. The van der Waals surface area contributed by atoms with Crippen LogP contribution in [0.3, 0.4) is 0 Å². The fourth-order valence-corrected chi connectivity index (χ4v) is 5.01. The summed E-state index contributed by atoms with van der Waals surface area (Å²) in [5.41, 5.74) is 1.24. The minimum atomic E-state index is -1.73. The van der Waals surface area contributed by atoms with Gasteiger partial charge in [0.05, 0.1) is 37.1 Å². The summed E-state index contributed by atoms with van der Waals surface area (Å²) in [5, 5.41) is 52.0. The van der Waals surface area contributed by atoms with Gasteiger partial charge in [-0.15, -0.1) is 0 Å². The number of pyridine rings is 1. The van der Waals surface area contributed by atoms with E-state index in [4.69, 9.17) is 26.4 Å². The molecule has 1 aromatic heterocycles. The Kier molecular flexibility index (Phi) is 8.76. The Hall–Kier alpha value is -3.63. The summed E-state index contributed by atoms with van der Waals surface area (Å²) in [6.45, 7) is 1.01. The molecule has 1 saturated heterocycles. The smallest absolute Gasteiger partial charge is 0.340 e. The van der Waals surface area contributed by atoms with Crippen molar-refractivity contribution in [1.82, 2.24) is 4.57 Å². The third-order valence-electron chi connectivity index (χ3n) is 6.55. The maximum absolute atomic E-state index is 13.7. The first kappa shape index (κ1) is 28.4. The molecule has 3 aromatic rings. The molecule has 0 radical (unpaired) electrons. The second-order valence-electron chi connectivity index (χ2n) is 8.80. The minimum Gasteiger partial charge on any atom is -0.497 e. The van der Waals surface area contributed by atoms with Gasteiger partial charge in [-0.1, -0.05) is 54.7 Å². The van der Waals surface area contributed by atoms with Crippen molar-refractivity contribution in [2.24, 2.45) is 0 Å². The molecule has 4 N–H and O–H groups in total. The van der Waals surface area contributed by atoms with Gasteiger partial charge in [0.25, 0.3) is 0 Å². The van der Waals surface area contributed by atoms with Crippen LogP contribution in [0.1, 0.15) is 29.1 Å². The summed E-state index contributed by atoms with van der Waals surface area (Å²) in [4.78, 5) is 13.7. The lowest BCUT2D eigenvalue weighted by molar-refractivity contribution is -0.251. The van der Waals surface area contributed by atoms with Crippen LogP contribution in [0.25, 0.3) is 22.4 Å². The van der Waals surface area contributed by atoms with Gasteiger partial charge in [-0.05, 0) is 30.2 Å². The number of carbonyl (C=O) groups excluding carboxylic acids is 1. The van der Waals surface area contributed by atoms with Crippen molar-refractivity contribution in [1.29, 1.82) is 5.26 Å². The van der Waals surface area contributed by atoms with Crippen LogP contribution in [0.4, 0.5) is 0 Å². The monoisotopic (exact) mass is 552 g/mol. The molecule has 2 heterocycles. The highest BCUT2D eigenvalue weighted by atomic mass is 32.1. The summed E-state index contributed by atoms with van der Waals surface area (Å²) in [6.07, 6.45) is -7.80. The number of hydrogen-bond donors (Lipinski definition) is 4. The van der Waals surface area contributed by atoms with Gasteiger partial charge in [0.2, 0.25) is 0 Å². The van der Waals surface area contributed by atoms with Crippen molar-refractivity contribution in [3.05, 3.63) is 70.4 Å². The molecular formula is C28H28N2O8S. The van der Waals surface area contributed by atoms with Crippen LogP contribution in [0, 0.1) is 16.0 Å². The van der Waals surface area contributed by atoms with E-state index in [0.717, 1.165) is 0 Å². The van der Waals surface area contributed by atoms with Crippen molar-refractivity contribution < 1.29 is 39.4 Å². The highest BCUT2D eigenvalue weighted by molar-refractivity contribution is 7.71. The number of ether oxygens (including phenoxy) is 3. The summed E-state index contributed by atoms with van der Waals surface area (Å²) < 4.78 is 17.7. The topological polar surface area (TPSA) is 154 Å². The Labute approximate surface area is 229 Å². The molecule has 0 amide bonds. The van der Waals surface area contributed by atoms with E-state index < -0.39 is 43.2 Å². The molecule has 1 fully saturated rings. The van der Waals surface area contributed by atoms with Crippen LogP contribution >= 0.6 is 12.2 Å². The first-order valence-electron chi connectivity index (χ1n) is 12.2. The largest absolute Gasteiger partial charge is 0.497 e. The minimum absolute atomic E-state index is 0.0182. The zero-order chi connectivity index (χ0) is 28.3. The van der Waals surface area contributed by atoms with Gasteiger partial charge in [0, 0.05) is 5.56 Å². The number of aliphatic hydroxyl groups excluding tert-OH is 4. The molecule has 204 valence electrons. The number of aliphatic hydroxyl groups is 4. The Morgan fingerprint density at radius 2 is 1.72 bits per heavy atom. The Bertz CT molecular complexity index is 1430. The van der Waals surface area contributed by atoms with E-state index in [-0.39, 0.29) is 33.6 Å². The number of esters is 1. The van der Waals surface area contributed by atoms with Crippen LogP contribution < -0.4 is 4.74 Å². The van der Waals surface area contributed by atoms with Gasteiger partial charge < -0.3 is 39.2 Å². The van der Waals surface area contributed by atoms with Gasteiger partial charge in [-0.3, -0.25) is 0 Å². The number of nitrogens with zero attached hydrogens (tertiary/aromatic N) is 2. The van der Waals surface area contributed by atoms with E-state index in [1.165, 1.54) is 11.7 Å².